The molecule has 2 N–H and O–H groups in total. The van der Waals surface area contributed by atoms with E-state index < -0.39 is 0 Å². The molecule has 108 valence electrons. The van der Waals surface area contributed by atoms with E-state index in [1.165, 1.54) is 19.3 Å². The van der Waals surface area contributed by atoms with Gasteiger partial charge in [-0.05, 0) is 31.9 Å². The monoisotopic (exact) mass is 292 g/mol. The summed E-state index contributed by atoms with van der Waals surface area (Å²) in [5.74, 6) is 2.94. The second kappa shape index (κ2) is 6.01. The molecule has 0 amide bonds. The lowest BCUT2D eigenvalue weighted by Crippen LogP contribution is -2.10. The summed E-state index contributed by atoms with van der Waals surface area (Å²) in [5.41, 5.74) is 5.90. The van der Waals surface area contributed by atoms with Crippen LogP contribution in [0.15, 0.2) is 21.7 Å². The van der Waals surface area contributed by atoms with Crippen LogP contribution in [0.5, 0.6) is 0 Å². The van der Waals surface area contributed by atoms with Crippen molar-refractivity contribution in [3.8, 4) is 0 Å². The molecule has 5 nitrogen and oxygen atoms in total. The molecule has 1 aliphatic heterocycles. The Labute approximate surface area is 122 Å². The molecule has 20 heavy (non-hydrogen) atoms. The molecular weight excluding hydrogens is 272 g/mol. The minimum Gasteiger partial charge on any atom is -0.465 e. The van der Waals surface area contributed by atoms with Crippen molar-refractivity contribution in [2.75, 3.05) is 6.54 Å². The van der Waals surface area contributed by atoms with Crippen LogP contribution < -0.4 is 5.73 Å². The summed E-state index contributed by atoms with van der Waals surface area (Å²) in [4.78, 5) is 0. The van der Waals surface area contributed by atoms with Crippen LogP contribution in [0.25, 0.3) is 0 Å². The summed E-state index contributed by atoms with van der Waals surface area (Å²) >= 11 is 1.66. The van der Waals surface area contributed by atoms with Crippen molar-refractivity contribution in [2.45, 2.75) is 49.6 Å². The van der Waals surface area contributed by atoms with Gasteiger partial charge in [0.2, 0.25) is 0 Å². The van der Waals surface area contributed by atoms with Gasteiger partial charge in [0.1, 0.15) is 17.3 Å². The summed E-state index contributed by atoms with van der Waals surface area (Å²) in [7, 11) is 0. The van der Waals surface area contributed by atoms with E-state index in [0.29, 0.717) is 6.54 Å². The van der Waals surface area contributed by atoms with Crippen molar-refractivity contribution < 1.29 is 4.42 Å². The van der Waals surface area contributed by atoms with E-state index in [4.69, 9.17) is 10.2 Å². The average molecular weight is 292 g/mol. The SMILES string of the molecule is Cc1ccc(C(CN)Sc2nnc3n2CCCCC3)o1. The fourth-order valence-electron chi connectivity index (χ4n) is 2.52. The van der Waals surface area contributed by atoms with Crippen molar-refractivity contribution in [1.29, 1.82) is 0 Å². The van der Waals surface area contributed by atoms with Crippen molar-refractivity contribution in [3.05, 3.63) is 29.5 Å². The average Bonchev–Trinajstić information content (AvgIpc) is 2.96. The summed E-state index contributed by atoms with van der Waals surface area (Å²) in [6.45, 7) is 3.49. The lowest BCUT2D eigenvalue weighted by atomic mass is 10.2. The molecule has 1 unspecified atom stereocenters. The van der Waals surface area contributed by atoms with Gasteiger partial charge in [-0.2, -0.15) is 0 Å². The van der Waals surface area contributed by atoms with Crippen LogP contribution in [-0.2, 0) is 13.0 Å². The van der Waals surface area contributed by atoms with Crippen LogP contribution in [-0.4, -0.2) is 21.3 Å². The summed E-state index contributed by atoms with van der Waals surface area (Å²) in [6.07, 6.45) is 4.71. The third kappa shape index (κ3) is 2.76. The number of furan rings is 1. The molecule has 3 rings (SSSR count). The van der Waals surface area contributed by atoms with Gasteiger partial charge in [0.05, 0.1) is 5.25 Å². The van der Waals surface area contributed by atoms with Crippen LogP contribution in [0.1, 0.15) is 41.9 Å². The Kier molecular flexibility index (Phi) is 4.12. The molecule has 0 saturated heterocycles. The van der Waals surface area contributed by atoms with E-state index in [-0.39, 0.29) is 5.25 Å². The zero-order valence-corrected chi connectivity index (χ0v) is 12.5. The lowest BCUT2D eigenvalue weighted by Gasteiger charge is -2.12. The largest absolute Gasteiger partial charge is 0.465 e. The van der Waals surface area contributed by atoms with Gasteiger partial charge in [-0.15, -0.1) is 10.2 Å². The predicted molar refractivity (Wildman–Crippen MR) is 78.7 cm³/mol. The highest BCUT2D eigenvalue weighted by Gasteiger charge is 2.21. The van der Waals surface area contributed by atoms with Crippen LogP contribution >= 0.6 is 11.8 Å². The maximum atomic E-state index is 5.90. The van der Waals surface area contributed by atoms with Crippen molar-refractivity contribution >= 4 is 11.8 Å². The van der Waals surface area contributed by atoms with E-state index in [2.05, 4.69) is 14.8 Å². The van der Waals surface area contributed by atoms with Gasteiger partial charge in [0.15, 0.2) is 5.16 Å². The second-order valence-corrected chi connectivity index (χ2v) is 6.32. The van der Waals surface area contributed by atoms with Gasteiger partial charge in [0, 0.05) is 19.5 Å². The summed E-state index contributed by atoms with van der Waals surface area (Å²) < 4.78 is 7.94. The van der Waals surface area contributed by atoms with Crippen molar-refractivity contribution in [3.63, 3.8) is 0 Å². The number of nitrogens with zero attached hydrogens (tertiary/aromatic N) is 3. The Bertz CT molecular complexity index is 577. The lowest BCUT2D eigenvalue weighted by molar-refractivity contribution is 0.480. The van der Waals surface area contributed by atoms with Gasteiger partial charge >= 0.3 is 0 Å². The standard InChI is InChI=1S/C14H20N4OS/c1-10-6-7-11(19-10)12(9-15)20-14-17-16-13-5-3-2-4-8-18(13)14/h6-7,12H,2-5,8-9,15H2,1H3. The first-order valence-electron chi connectivity index (χ1n) is 7.13. The number of hydrogen-bond acceptors (Lipinski definition) is 5. The van der Waals surface area contributed by atoms with Gasteiger partial charge in [-0.3, -0.25) is 0 Å². The summed E-state index contributed by atoms with van der Waals surface area (Å²) in [6, 6.07) is 3.97. The third-order valence-electron chi connectivity index (χ3n) is 3.62. The topological polar surface area (TPSA) is 69.9 Å². The van der Waals surface area contributed by atoms with Gasteiger partial charge in [-0.1, -0.05) is 18.2 Å². The molecule has 0 aromatic carbocycles. The van der Waals surface area contributed by atoms with Crippen LogP contribution in [0, 0.1) is 6.92 Å². The number of thioether (sulfide) groups is 1. The Hall–Kier alpha value is -1.27. The molecule has 6 heteroatoms. The number of aromatic nitrogens is 3. The Balaban J connectivity index is 1.81. The third-order valence-corrected chi connectivity index (χ3v) is 4.84. The highest BCUT2D eigenvalue weighted by Crippen LogP contribution is 2.35. The zero-order valence-electron chi connectivity index (χ0n) is 11.7. The zero-order chi connectivity index (χ0) is 13.9. The molecule has 1 aliphatic rings. The Morgan fingerprint density at radius 3 is 3.00 bits per heavy atom. The maximum absolute atomic E-state index is 5.90. The molecule has 0 fully saturated rings. The van der Waals surface area contributed by atoms with Crippen LogP contribution in [0.4, 0.5) is 0 Å². The van der Waals surface area contributed by atoms with E-state index in [1.807, 2.05) is 19.1 Å². The molecule has 0 bridgehead atoms. The van der Waals surface area contributed by atoms with Crippen molar-refractivity contribution in [2.24, 2.45) is 5.73 Å². The molecule has 2 aromatic heterocycles. The fraction of sp³-hybridized carbons (Fsp3) is 0.571. The number of nitrogens with two attached hydrogens (primary N) is 1. The minimum atomic E-state index is 0.0975. The Morgan fingerprint density at radius 1 is 1.35 bits per heavy atom. The molecule has 0 aliphatic carbocycles. The normalized spacial score (nSPS) is 16.7. The molecule has 0 spiro atoms. The van der Waals surface area contributed by atoms with Crippen LogP contribution in [0.2, 0.25) is 0 Å². The fourth-order valence-corrected chi connectivity index (χ4v) is 3.53. The number of fused-ring (bicyclic) bond motifs is 1. The highest BCUT2D eigenvalue weighted by molar-refractivity contribution is 7.99. The molecule has 0 saturated carbocycles. The highest BCUT2D eigenvalue weighted by atomic mass is 32.2. The first-order chi connectivity index (χ1) is 9.78. The quantitative estimate of drug-likeness (QED) is 0.877. The van der Waals surface area contributed by atoms with Gasteiger partial charge in [-0.25, -0.2) is 0 Å². The first kappa shape index (κ1) is 13.7. The van der Waals surface area contributed by atoms with Gasteiger partial charge in [0.25, 0.3) is 0 Å². The van der Waals surface area contributed by atoms with Gasteiger partial charge < -0.3 is 14.7 Å². The second-order valence-electron chi connectivity index (χ2n) is 5.15. The maximum Gasteiger partial charge on any atom is 0.191 e. The molecule has 0 radical (unpaired) electrons. The molecule has 2 aromatic rings. The molecule has 3 heterocycles. The number of hydrogen-bond donors (Lipinski definition) is 1. The van der Waals surface area contributed by atoms with E-state index >= 15 is 0 Å². The van der Waals surface area contributed by atoms with E-state index in [9.17, 15) is 0 Å². The van der Waals surface area contributed by atoms with Crippen LogP contribution in [0.3, 0.4) is 0 Å². The smallest absolute Gasteiger partial charge is 0.191 e. The van der Waals surface area contributed by atoms with E-state index in [1.54, 1.807) is 11.8 Å². The Morgan fingerprint density at radius 2 is 2.25 bits per heavy atom. The van der Waals surface area contributed by atoms with Crippen molar-refractivity contribution in [1.82, 2.24) is 14.8 Å². The number of rotatable bonds is 4. The number of aryl methyl sites for hydroxylation is 2. The molecular formula is C14H20N4OS. The molecule has 1 atom stereocenters. The summed E-state index contributed by atoms with van der Waals surface area (Å²) in [5, 5.41) is 9.72. The van der Waals surface area contributed by atoms with E-state index in [0.717, 1.165) is 35.5 Å². The minimum absolute atomic E-state index is 0.0975. The predicted octanol–water partition coefficient (Wildman–Crippen LogP) is 2.70. The first-order valence-corrected chi connectivity index (χ1v) is 8.01.